The molecule has 0 spiro atoms. The first-order valence-electron chi connectivity index (χ1n) is 8.29. The lowest BCUT2D eigenvalue weighted by Crippen LogP contribution is -2.51. The average molecular weight is 359 g/mol. The summed E-state index contributed by atoms with van der Waals surface area (Å²) in [5.74, 6) is -1.25. The Balaban J connectivity index is 2.27. The summed E-state index contributed by atoms with van der Waals surface area (Å²) < 4.78 is 5.38. The van der Waals surface area contributed by atoms with Crippen LogP contribution in [0.3, 0.4) is 0 Å². The van der Waals surface area contributed by atoms with Crippen molar-refractivity contribution in [2.45, 2.75) is 44.8 Å². The van der Waals surface area contributed by atoms with E-state index in [0.717, 1.165) is 0 Å². The van der Waals surface area contributed by atoms with Crippen molar-refractivity contribution in [3.63, 3.8) is 0 Å². The van der Waals surface area contributed by atoms with Crippen LogP contribution in [-0.2, 0) is 14.4 Å². The molecule has 26 heavy (non-hydrogen) atoms. The second-order valence-electron chi connectivity index (χ2n) is 6.10. The molecule has 0 bridgehead atoms. The predicted octanol–water partition coefficient (Wildman–Crippen LogP) is 1.84. The monoisotopic (exact) mass is 359 g/mol. The van der Waals surface area contributed by atoms with Crippen LogP contribution in [0, 0.1) is 11.3 Å². The number of aliphatic carboxylic acids is 1. The quantitative estimate of drug-likeness (QED) is 0.730. The highest BCUT2D eigenvalue weighted by atomic mass is 16.7. The Morgan fingerprint density at radius 2 is 2.23 bits per heavy atom. The Kier molecular flexibility index (Phi) is 6.17. The number of ether oxygens (including phenoxy) is 1. The normalized spacial score (nSPS) is 19.7. The molecular formula is C18H21N3O5. The predicted molar refractivity (Wildman–Crippen MR) is 92.7 cm³/mol. The van der Waals surface area contributed by atoms with E-state index in [-0.39, 0.29) is 19.1 Å². The van der Waals surface area contributed by atoms with Gasteiger partial charge < -0.3 is 20.0 Å². The second kappa shape index (κ2) is 8.34. The van der Waals surface area contributed by atoms with Gasteiger partial charge in [-0.25, -0.2) is 0 Å². The number of carbonyl (C=O) groups excluding carboxylic acids is 1. The van der Waals surface area contributed by atoms with Crippen molar-refractivity contribution >= 4 is 17.6 Å². The minimum atomic E-state index is -1.60. The third-order valence-corrected chi connectivity index (χ3v) is 4.11. The molecule has 1 aliphatic rings. The largest absolute Gasteiger partial charge is 0.481 e. The van der Waals surface area contributed by atoms with Gasteiger partial charge in [0.2, 0.25) is 5.60 Å². The maximum absolute atomic E-state index is 12.7. The number of carbonyl (C=O) groups is 2. The average Bonchev–Trinajstić information content (AvgIpc) is 3.04. The smallest absolute Gasteiger partial charge is 0.308 e. The number of oxime groups is 1. The van der Waals surface area contributed by atoms with Gasteiger partial charge in [0, 0.05) is 18.0 Å². The summed E-state index contributed by atoms with van der Waals surface area (Å²) in [6, 6.07) is 8.66. The van der Waals surface area contributed by atoms with E-state index in [1.807, 2.05) is 19.9 Å². The molecule has 2 rings (SSSR count). The van der Waals surface area contributed by atoms with Crippen molar-refractivity contribution in [2.75, 3.05) is 6.61 Å². The van der Waals surface area contributed by atoms with Crippen molar-refractivity contribution in [2.24, 2.45) is 5.16 Å². The van der Waals surface area contributed by atoms with Crippen molar-refractivity contribution in [3.05, 3.63) is 29.8 Å². The Morgan fingerprint density at radius 1 is 1.50 bits per heavy atom. The number of benzene rings is 1. The third-order valence-electron chi connectivity index (χ3n) is 4.11. The molecule has 1 heterocycles. The van der Waals surface area contributed by atoms with Crippen molar-refractivity contribution in [1.82, 2.24) is 5.32 Å². The van der Waals surface area contributed by atoms with E-state index in [2.05, 4.69) is 10.5 Å². The zero-order valence-electron chi connectivity index (χ0n) is 14.7. The number of hydrogen-bond donors (Lipinski definition) is 2. The lowest BCUT2D eigenvalue weighted by molar-refractivity contribution is -0.156. The number of nitrogens with one attached hydrogen (secondary N) is 1. The highest BCUT2D eigenvalue weighted by Crippen LogP contribution is 2.33. The van der Waals surface area contributed by atoms with Gasteiger partial charge in [0.25, 0.3) is 5.91 Å². The van der Waals surface area contributed by atoms with E-state index in [1.54, 1.807) is 24.3 Å². The standard InChI is InChI=1S/C18H21N3O5/c1-3-12(2)20-17(24)18(11-16(22)23)10-14(21-26-18)13-6-4-5-7-15(13)25-9-8-19/h4-7,12H,3,9-11H2,1-2H3,(H,20,24)(H,22,23). The lowest BCUT2D eigenvalue weighted by atomic mass is 9.89. The number of amides is 1. The molecular weight excluding hydrogens is 338 g/mol. The number of carboxylic acids is 1. The molecule has 8 nitrogen and oxygen atoms in total. The molecule has 0 saturated heterocycles. The van der Waals surface area contributed by atoms with E-state index in [0.29, 0.717) is 23.4 Å². The van der Waals surface area contributed by atoms with Crippen LogP contribution in [0.25, 0.3) is 0 Å². The van der Waals surface area contributed by atoms with Crippen LogP contribution in [0.15, 0.2) is 29.4 Å². The van der Waals surface area contributed by atoms with Crippen LogP contribution in [-0.4, -0.2) is 40.9 Å². The van der Waals surface area contributed by atoms with Crippen LogP contribution >= 0.6 is 0 Å². The fourth-order valence-corrected chi connectivity index (χ4v) is 2.56. The van der Waals surface area contributed by atoms with Gasteiger partial charge >= 0.3 is 5.97 Å². The van der Waals surface area contributed by atoms with E-state index < -0.39 is 23.9 Å². The van der Waals surface area contributed by atoms with Gasteiger partial charge in [0.15, 0.2) is 6.61 Å². The number of para-hydroxylation sites is 1. The number of hydrogen-bond acceptors (Lipinski definition) is 6. The molecule has 1 aromatic rings. The maximum Gasteiger partial charge on any atom is 0.308 e. The van der Waals surface area contributed by atoms with E-state index in [4.69, 9.17) is 14.8 Å². The van der Waals surface area contributed by atoms with E-state index >= 15 is 0 Å². The minimum Gasteiger partial charge on any atom is -0.481 e. The zero-order valence-corrected chi connectivity index (χ0v) is 14.7. The number of nitrogens with zero attached hydrogens (tertiary/aromatic N) is 2. The summed E-state index contributed by atoms with van der Waals surface area (Å²) in [6.45, 7) is 3.60. The van der Waals surface area contributed by atoms with Gasteiger partial charge in [0.05, 0.1) is 12.1 Å². The molecule has 0 radical (unpaired) electrons. The first kappa shape index (κ1) is 19.2. The fourth-order valence-electron chi connectivity index (χ4n) is 2.56. The van der Waals surface area contributed by atoms with Crippen molar-refractivity contribution in [1.29, 1.82) is 5.26 Å². The summed E-state index contributed by atoms with van der Waals surface area (Å²) in [5.41, 5.74) is -0.641. The molecule has 1 aromatic carbocycles. The van der Waals surface area contributed by atoms with Crippen LogP contribution < -0.4 is 10.1 Å². The minimum absolute atomic E-state index is 0.00546. The molecule has 1 aliphatic heterocycles. The first-order chi connectivity index (χ1) is 12.4. The van der Waals surface area contributed by atoms with E-state index in [9.17, 15) is 14.7 Å². The summed E-state index contributed by atoms with van der Waals surface area (Å²) >= 11 is 0. The van der Waals surface area contributed by atoms with Crippen LogP contribution in [0.2, 0.25) is 0 Å². The Hall–Kier alpha value is -3.08. The summed E-state index contributed by atoms with van der Waals surface area (Å²) in [4.78, 5) is 29.3. The van der Waals surface area contributed by atoms with Crippen molar-refractivity contribution in [3.8, 4) is 11.8 Å². The van der Waals surface area contributed by atoms with Gasteiger partial charge in [-0.1, -0.05) is 24.2 Å². The fraction of sp³-hybridized carbons (Fsp3) is 0.444. The first-order valence-corrected chi connectivity index (χ1v) is 8.29. The van der Waals surface area contributed by atoms with Crippen LogP contribution in [0.5, 0.6) is 5.75 Å². The van der Waals surface area contributed by atoms with Crippen LogP contribution in [0.4, 0.5) is 0 Å². The topological polar surface area (TPSA) is 121 Å². The second-order valence-corrected chi connectivity index (χ2v) is 6.10. The van der Waals surface area contributed by atoms with Crippen LogP contribution in [0.1, 0.15) is 38.7 Å². The van der Waals surface area contributed by atoms with Gasteiger partial charge in [-0.05, 0) is 25.5 Å². The molecule has 138 valence electrons. The number of rotatable bonds is 8. The zero-order chi connectivity index (χ0) is 19.2. The third kappa shape index (κ3) is 4.30. The molecule has 0 aliphatic carbocycles. The number of nitriles is 1. The highest BCUT2D eigenvalue weighted by Gasteiger charge is 2.49. The SMILES string of the molecule is CCC(C)NC(=O)C1(CC(=O)O)CC(c2ccccc2OCC#N)=NO1. The van der Waals surface area contributed by atoms with Gasteiger partial charge in [-0.15, -0.1) is 0 Å². The van der Waals surface area contributed by atoms with Crippen molar-refractivity contribution < 1.29 is 24.3 Å². The molecule has 2 atom stereocenters. The van der Waals surface area contributed by atoms with Gasteiger partial charge in [0.1, 0.15) is 11.8 Å². The molecule has 0 aromatic heterocycles. The molecule has 2 unspecified atom stereocenters. The molecule has 2 N–H and O–H groups in total. The Labute approximate surface area is 151 Å². The highest BCUT2D eigenvalue weighted by molar-refractivity contribution is 6.08. The Morgan fingerprint density at radius 3 is 2.88 bits per heavy atom. The summed E-state index contributed by atoms with van der Waals surface area (Å²) in [6.07, 6.45) is 0.186. The summed E-state index contributed by atoms with van der Waals surface area (Å²) in [7, 11) is 0. The number of carboxylic acid groups (broad SMARTS) is 1. The molecule has 8 heteroatoms. The lowest BCUT2D eigenvalue weighted by Gasteiger charge is -2.25. The maximum atomic E-state index is 12.7. The van der Waals surface area contributed by atoms with Gasteiger partial charge in [-0.2, -0.15) is 5.26 Å². The molecule has 1 amide bonds. The molecule has 0 saturated carbocycles. The van der Waals surface area contributed by atoms with Gasteiger partial charge in [-0.3, -0.25) is 9.59 Å². The summed E-state index contributed by atoms with van der Waals surface area (Å²) in [5, 5.41) is 24.7. The Bertz CT molecular complexity index is 755. The molecule has 0 fully saturated rings. The van der Waals surface area contributed by atoms with E-state index in [1.165, 1.54) is 0 Å².